The number of carboxylic acid groups (broad SMARTS) is 1. The average molecular weight is 449 g/mol. The molecule has 2 nitrogen and oxygen atoms in total. The van der Waals surface area contributed by atoms with Crippen molar-refractivity contribution in [3.63, 3.8) is 0 Å². The minimum atomic E-state index is -0.802. The SMILES string of the molecule is O=C(O)Cc1ccc(Sc2ccc(Br)cc2)c(I)c1. The van der Waals surface area contributed by atoms with Crippen LogP contribution in [0.25, 0.3) is 0 Å². The highest BCUT2D eigenvalue weighted by Gasteiger charge is 2.06. The second-order valence-electron chi connectivity index (χ2n) is 3.89. The molecule has 0 spiro atoms. The van der Waals surface area contributed by atoms with E-state index in [0.29, 0.717) is 0 Å². The van der Waals surface area contributed by atoms with E-state index in [1.807, 2.05) is 30.3 Å². The monoisotopic (exact) mass is 448 g/mol. The first kappa shape index (κ1) is 14.9. The fraction of sp³-hybridized carbons (Fsp3) is 0.0714. The Morgan fingerprint density at radius 2 is 1.89 bits per heavy atom. The van der Waals surface area contributed by atoms with Gasteiger partial charge in [-0.15, -0.1) is 0 Å². The quantitative estimate of drug-likeness (QED) is 0.680. The van der Waals surface area contributed by atoms with Crippen LogP contribution in [0, 0.1) is 3.57 Å². The molecule has 1 N–H and O–H groups in total. The van der Waals surface area contributed by atoms with E-state index < -0.39 is 5.97 Å². The summed E-state index contributed by atoms with van der Waals surface area (Å²) in [6.07, 6.45) is 0.0687. The molecule has 0 saturated carbocycles. The third-order valence-corrected chi connectivity index (χ3v) is 5.26. The van der Waals surface area contributed by atoms with Gasteiger partial charge in [0, 0.05) is 17.8 Å². The van der Waals surface area contributed by atoms with Gasteiger partial charge in [-0.2, -0.15) is 0 Å². The lowest BCUT2D eigenvalue weighted by atomic mass is 10.2. The largest absolute Gasteiger partial charge is 0.481 e. The van der Waals surface area contributed by atoms with Crippen molar-refractivity contribution < 1.29 is 9.90 Å². The molecule has 0 bridgehead atoms. The average Bonchev–Trinajstić information content (AvgIpc) is 2.34. The van der Waals surface area contributed by atoms with Gasteiger partial charge >= 0.3 is 5.97 Å². The maximum absolute atomic E-state index is 10.7. The van der Waals surface area contributed by atoms with Crippen LogP contribution in [0.1, 0.15) is 5.56 Å². The Kier molecular flexibility index (Phi) is 5.29. The number of carboxylic acids is 1. The van der Waals surface area contributed by atoms with E-state index in [4.69, 9.17) is 5.11 Å². The topological polar surface area (TPSA) is 37.3 Å². The zero-order chi connectivity index (χ0) is 13.8. The zero-order valence-corrected chi connectivity index (χ0v) is 14.3. The van der Waals surface area contributed by atoms with Crippen LogP contribution in [0.4, 0.5) is 0 Å². The molecule has 0 aromatic heterocycles. The fourth-order valence-electron chi connectivity index (χ4n) is 1.54. The van der Waals surface area contributed by atoms with E-state index in [2.05, 4.69) is 50.7 Å². The molecule has 0 radical (unpaired) electrons. The van der Waals surface area contributed by atoms with E-state index >= 15 is 0 Å². The summed E-state index contributed by atoms with van der Waals surface area (Å²) in [5.74, 6) is -0.802. The normalized spacial score (nSPS) is 10.4. The van der Waals surface area contributed by atoms with Crippen molar-refractivity contribution in [1.29, 1.82) is 0 Å². The maximum Gasteiger partial charge on any atom is 0.307 e. The number of hydrogen-bond donors (Lipinski definition) is 1. The van der Waals surface area contributed by atoms with Crippen molar-refractivity contribution in [2.45, 2.75) is 16.2 Å². The molecule has 0 aliphatic carbocycles. The minimum absolute atomic E-state index is 0.0687. The molecule has 0 heterocycles. The number of rotatable bonds is 4. The van der Waals surface area contributed by atoms with Gasteiger partial charge in [0.15, 0.2) is 0 Å². The lowest BCUT2D eigenvalue weighted by molar-refractivity contribution is -0.136. The summed E-state index contributed by atoms with van der Waals surface area (Å²) >= 11 is 7.33. The van der Waals surface area contributed by atoms with Crippen LogP contribution in [0.15, 0.2) is 56.7 Å². The number of hydrogen-bond acceptors (Lipinski definition) is 2. The molecule has 0 saturated heterocycles. The van der Waals surface area contributed by atoms with Gasteiger partial charge < -0.3 is 5.11 Å². The molecule has 5 heteroatoms. The molecule has 98 valence electrons. The Morgan fingerprint density at radius 1 is 1.21 bits per heavy atom. The van der Waals surface area contributed by atoms with Crippen LogP contribution in [-0.4, -0.2) is 11.1 Å². The van der Waals surface area contributed by atoms with Gasteiger partial charge in [0.2, 0.25) is 0 Å². The first-order valence-electron chi connectivity index (χ1n) is 5.48. The molecule has 2 aromatic carbocycles. The van der Waals surface area contributed by atoms with E-state index in [1.165, 1.54) is 0 Å². The van der Waals surface area contributed by atoms with Gasteiger partial charge in [-0.1, -0.05) is 33.8 Å². The molecule has 2 rings (SSSR count). The summed E-state index contributed by atoms with van der Waals surface area (Å²) in [5, 5.41) is 8.78. The van der Waals surface area contributed by atoms with Gasteiger partial charge in [0.05, 0.1) is 6.42 Å². The van der Waals surface area contributed by atoms with E-state index in [0.717, 1.165) is 23.4 Å². The highest BCUT2D eigenvalue weighted by atomic mass is 127. The summed E-state index contributed by atoms with van der Waals surface area (Å²) < 4.78 is 2.13. The van der Waals surface area contributed by atoms with Crippen LogP contribution >= 0.6 is 50.3 Å². The zero-order valence-electron chi connectivity index (χ0n) is 9.77. The Labute approximate surface area is 137 Å². The molecule has 0 aliphatic heterocycles. The van der Waals surface area contributed by atoms with E-state index in [-0.39, 0.29) is 6.42 Å². The third kappa shape index (κ3) is 4.50. The van der Waals surface area contributed by atoms with Crippen LogP contribution < -0.4 is 0 Å². The summed E-state index contributed by atoms with van der Waals surface area (Å²) in [6, 6.07) is 13.9. The third-order valence-electron chi connectivity index (χ3n) is 2.39. The first-order chi connectivity index (χ1) is 9.04. The van der Waals surface area contributed by atoms with Gasteiger partial charge in [0.25, 0.3) is 0 Å². The summed E-state index contributed by atoms with van der Waals surface area (Å²) in [7, 11) is 0. The molecule has 0 aliphatic rings. The van der Waals surface area contributed by atoms with Gasteiger partial charge in [-0.05, 0) is 64.6 Å². The molecule has 0 fully saturated rings. The van der Waals surface area contributed by atoms with Gasteiger partial charge in [-0.25, -0.2) is 0 Å². The summed E-state index contributed by atoms with van der Waals surface area (Å²) in [4.78, 5) is 13.0. The molecule has 2 aromatic rings. The smallest absolute Gasteiger partial charge is 0.307 e. The second kappa shape index (κ2) is 6.76. The molecular formula is C14H10BrIO2S. The highest BCUT2D eigenvalue weighted by molar-refractivity contribution is 14.1. The Hall–Kier alpha value is -0.530. The molecular weight excluding hydrogens is 439 g/mol. The molecule has 0 amide bonds. The Balaban J connectivity index is 2.17. The van der Waals surface area contributed by atoms with Crippen molar-refractivity contribution in [3.8, 4) is 0 Å². The van der Waals surface area contributed by atoms with Crippen molar-refractivity contribution >= 4 is 56.3 Å². The van der Waals surface area contributed by atoms with Gasteiger partial charge in [-0.3, -0.25) is 4.79 Å². The fourth-order valence-corrected chi connectivity index (χ4v) is 3.53. The van der Waals surface area contributed by atoms with Crippen molar-refractivity contribution in [2.24, 2.45) is 0 Å². The second-order valence-corrected chi connectivity index (χ2v) is 7.08. The van der Waals surface area contributed by atoms with Crippen molar-refractivity contribution in [3.05, 3.63) is 56.1 Å². The lowest BCUT2D eigenvalue weighted by Crippen LogP contribution is -2.00. The van der Waals surface area contributed by atoms with Crippen LogP contribution in [0.5, 0.6) is 0 Å². The Bertz CT molecular complexity index is 599. The predicted octanol–water partition coefficient (Wildman–Crippen LogP) is 4.83. The summed E-state index contributed by atoms with van der Waals surface area (Å²) in [6.45, 7) is 0. The maximum atomic E-state index is 10.7. The number of halogens is 2. The van der Waals surface area contributed by atoms with Crippen molar-refractivity contribution in [2.75, 3.05) is 0 Å². The van der Waals surface area contributed by atoms with Crippen LogP contribution in [0.3, 0.4) is 0 Å². The first-order valence-corrected chi connectivity index (χ1v) is 8.17. The van der Waals surface area contributed by atoms with E-state index in [1.54, 1.807) is 11.8 Å². The number of benzene rings is 2. The number of carbonyl (C=O) groups is 1. The number of aliphatic carboxylic acids is 1. The standard InChI is InChI=1S/C14H10BrIO2S/c15-10-2-4-11(5-3-10)19-13-6-1-9(7-12(13)16)8-14(17)18/h1-7H,8H2,(H,17,18). The predicted molar refractivity (Wildman–Crippen MR) is 88.8 cm³/mol. The minimum Gasteiger partial charge on any atom is -0.481 e. The Morgan fingerprint density at radius 3 is 2.47 bits per heavy atom. The van der Waals surface area contributed by atoms with Gasteiger partial charge in [0.1, 0.15) is 0 Å². The lowest BCUT2D eigenvalue weighted by Gasteiger charge is -2.06. The van der Waals surface area contributed by atoms with Crippen molar-refractivity contribution in [1.82, 2.24) is 0 Å². The van der Waals surface area contributed by atoms with Crippen LogP contribution in [-0.2, 0) is 11.2 Å². The molecule has 0 unspecified atom stereocenters. The van der Waals surface area contributed by atoms with Crippen LogP contribution in [0.2, 0.25) is 0 Å². The summed E-state index contributed by atoms with van der Waals surface area (Å²) in [5.41, 5.74) is 0.831. The molecule has 0 atom stereocenters. The highest BCUT2D eigenvalue weighted by Crippen LogP contribution is 2.32. The van der Waals surface area contributed by atoms with E-state index in [9.17, 15) is 4.79 Å². The molecule has 19 heavy (non-hydrogen) atoms.